The Morgan fingerprint density at radius 1 is 1.04 bits per heavy atom. The van der Waals surface area contributed by atoms with Crippen molar-refractivity contribution in [2.24, 2.45) is 0 Å². The van der Waals surface area contributed by atoms with Crippen molar-refractivity contribution in [2.45, 2.75) is 4.90 Å². The molecule has 0 atom stereocenters. The first-order valence-electron chi connectivity index (χ1n) is 6.72. The number of sulfonamides is 1. The molecule has 2 N–H and O–H groups in total. The molecule has 3 aromatic rings. The zero-order chi connectivity index (χ0) is 18.2. The predicted octanol–water partition coefficient (Wildman–Crippen LogP) is 2.99. The fourth-order valence-electron chi connectivity index (χ4n) is 2.00. The summed E-state index contributed by atoms with van der Waals surface area (Å²) in [6, 6.07) is 8.09. The smallest absolute Gasteiger partial charge is 0.301 e. The monoisotopic (exact) mass is 386 g/mol. The molecule has 0 aliphatic rings. The molecule has 10 heteroatoms. The summed E-state index contributed by atoms with van der Waals surface area (Å²) in [6.07, 6.45) is 0. The van der Waals surface area contributed by atoms with Gasteiger partial charge in [-0.1, -0.05) is 11.6 Å². The van der Waals surface area contributed by atoms with Crippen molar-refractivity contribution in [1.82, 2.24) is 10.3 Å². The van der Waals surface area contributed by atoms with Crippen molar-refractivity contribution >= 4 is 38.5 Å². The first-order chi connectivity index (χ1) is 11.8. The standard InChI is InChI=1S/C15H9ClF2N2O4S/c16-9-1-4-13-8(5-9)6-14(24-13)15(21)19-20-25(22,23)10-2-3-11(17)12(18)7-10/h1-7,20H,(H,19,21). The highest BCUT2D eigenvalue weighted by molar-refractivity contribution is 7.89. The number of carbonyl (C=O) groups is 1. The van der Waals surface area contributed by atoms with Gasteiger partial charge in [-0.2, -0.15) is 0 Å². The summed E-state index contributed by atoms with van der Waals surface area (Å²) in [5.41, 5.74) is 2.31. The molecule has 0 unspecified atom stereocenters. The summed E-state index contributed by atoms with van der Waals surface area (Å²) < 4.78 is 55.3. The van der Waals surface area contributed by atoms with E-state index in [4.69, 9.17) is 16.0 Å². The molecule has 130 valence electrons. The van der Waals surface area contributed by atoms with Gasteiger partial charge in [-0.3, -0.25) is 10.2 Å². The van der Waals surface area contributed by atoms with Crippen LogP contribution in [0.5, 0.6) is 0 Å². The van der Waals surface area contributed by atoms with Gasteiger partial charge in [-0.25, -0.2) is 17.2 Å². The van der Waals surface area contributed by atoms with Crippen LogP contribution < -0.4 is 10.3 Å². The molecule has 0 aliphatic heterocycles. The maximum atomic E-state index is 13.1. The summed E-state index contributed by atoms with van der Waals surface area (Å²) in [4.78, 5) is 13.2. The van der Waals surface area contributed by atoms with Crippen LogP contribution in [0.2, 0.25) is 5.02 Å². The Balaban J connectivity index is 1.77. The molecule has 0 saturated carbocycles. The van der Waals surface area contributed by atoms with Crippen LogP contribution in [0.15, 0.2) is 51.8 Å². The Labute approximate surface area is 145 Å². The minimum absolute atomic E-state index is 0.162. The van der Waals surface area contributed by atoms with Crippen molar-refractivity contribution in [1.29, 1.82) is 0 Å². The molecule has 6 nitrogen and oxygen atoms in total. The Morgan fingerprint density at radius 3 is 2.52 bits per heavy atom. The number of rotatable bonds is 4. The molecular weight excluding hydrogens is 378 g/mol. The zero-order valence-electron chi connectivity index (χ0n) is 12.2. The van der Waals surface area contributed by atoms with Gasteiger partial charge < -0.3 is 4.42 Å². The number of hydrogen-bond acceptors (Lipinski definition) is 4. The van der Waals surface area contributed by atoms with E-state index >= 15 is 0 Å². The molecular formula is C15H9ClF2N2O4S. The number of fused-ring (bicyclic) bond motifs is 1. The third-order valence-electron chi connectivity index (χ3n) is 3.20. The van der Waals surface area contributed by atoms with E-state index in [2.05, 4.69) is 0 Å². The van der Waals surface area contributed by atoms with E-state index in [9.17, 15) is 22.0 Å². The Bertz CT molecular complexity index is 1080. The molecule has 1 aromatic heterocycles. The molecule has 1 heterocycles. The minimum Gasteiger partial charge on any atom is -0.451 e. The molecule has 1 amide bonds. The van der Waals surface area contributed by atoms with Gasteiger partial charge in [0.2, 0.25) is 0 Å². The van der Waals surface area contributed by atoms with Crippen molar-refractivity contribution in [3.63, 3.8) is 0 Å². The second kappa shape index (κ2) is 6.43. The van der Waals surface area contributed by atoms with Crippen LogP contribution in [-0.2, 0) is 10.0 Å². The van der Waals surface area contributed by atoms with E-state index in [0.29, 0.717) is 28.1 Å². The molecule has 0 bridgehead atoms. The lowest BCUT2D eigenvalue weighted by Gasteiger charge is -2.07. The van der Waals surface area contributed by atoms with Gasteiger partial charge in [-0.05, 0) is 42.5 Å². The highest BCUT2D eigenvalue weighted by atomic mass is 35.5. The summed E-state index contributed by atoms with van der Waals surface area (Å²) in [5, 5.41) is 1.00. The van der Waals surface area contributed by atoms with E-state index in [-0.39, 0.29) is 5.76 Å². The number of halogens is 3. The van der Waals surface area contributed by atoms with Crippen molar-refractivity contribution in [3.8, 4) is 0 Å². The number of benzene rings is 2. The van der Waals surface area contributed by atoms with Gasteiger partial charge in [0.1, 0.15) is 5.58 Å². The molecule has 0 radical (unpaired) electrons. The van der Waals surface area contributed by atoms with Crippen molar-refractivity contribution in [2.75, 3.05) is 0 Å². The maximum Gasteiger partial charge on any atom is 0.301 e. The van der Waals surface area contributed by atoms with Crippen molar-refractivity contribution < 1.29 is 26.4 Å². The number of hydrogen-bond donors (Lipinski definition) is 2. The first kappa shape index (κ1) is 17.3. The van der Waals surface area contributed by atoms with Gasteiger partial charge in [0, 0.05) is 10.4 Å². The van der Waals surface area contributed by atoms with Gasteiger partial charge in [0.15, 0.2) is 17.4 Å². The summed E-state index contributed by atoms with van der Waals surface area (Å²) >= 11 is 5.83. The number of hydrazine groups is 1. The number of amides is 1. The van der Waals surface area contributed by atoms with Crippen LogP contribution in [-0.4, -0.2) is 14.3 Å². The molecule has 0 saturated heterocycles. The second-order valence-corrected chi connectivity index (χ2v) is 7.05. The predicted molar refractivity (Wildman–Crippen MR) is 85.4 cm³/mol. The van der Waals surface area contributed by atoms with Crippen LogP contribution in [0.1, 0.15) is 10.6 Å². The fourth-order valence-corrected chi connectivity index (χ4v) is 3.04. The summed E-state index contributed by atoms with van der Waals surface area (Å²) in [5.74, 6) is -3.56. The van der Waals surface area contributed by atoms with Crippen LogP contribution in [0.3, 0.4) is 0 Å². The maximum absolute atomic E-state index is 13.1. The number of nitrogens with one attached hydrogen (secondary N) is 2. The van der Waals surface area contributed by atoms with E-state index in [1.165, 1.54) is 6.07 Å². The lowest BCUT2D eigenvalue weighted by atomic mass is 10.2. The first-order valence-corrected chi connectivity index (χ1v) is 8.59. The second-order valence-electron chi connectivity index (χ2n) is 4.93. The molecule has 25 heavy (non-hydrogen) atoms. The molecule has 2 aromatic carbocycles. The van der Waals surface area contributed by atoms with Crippen LogP contribution in [0.25, 0.3) is 11.0 Å². The topological polar surface area (TPSA) is 88.4 Å². The number of carbonyl (C=O) groups excluding carboxylic acids is 1. The lowest BCUT2D eigenvalue weighted by Crippen LogP contribution is -2.41. The third kappa shape index (κ3) is 3.63. The van der Waals surface area contributed by atoms with Gasteiger partial charge in [0.05, 0.1) is 4.90 Å². The van der Waals surface area contributed by atoms with Crippen LogP contribution >= 0.6 is 11.6 Å². The Morgan fingerprint density at radius 2 is 1.80 bits per heavy atom. The molecule has 3 rings (SSSR count). The molecule has 0 spiro atoms. The summed E-state index contributed by atoms with van der Waals surface area (Å²) in [6.45, 7) is 0. The van der Waals surface area contributed by atoms with E-state index in [1.807, 2.05) is 5.43 Å². The molecule has 0 aliphatic carbocycles. The summed E-state index contributed by atoms with van der Waals surface area (Å²) in [7, 11) is -4.29. The van der Waals surface area contributed by atoms with Gasteiger partial charge >= 0.3 is 5.91 Å². The number of furan rings is 1. The fraction of sp³-hybridized carbons (Fsp3) is 0. The Hall–Kier alpha value is -2.49. The van der Waals surface area contributed by atoms with E-state index < -0.39 is 32.5 Å². The normalized spacial score (nSPS) is 11.6. The average Bonchev–Trinajstić information content (AvgIpc) is 2.98. The van der Waals surface area contributed by atoms with E-state index in [1.54, 1.807) is 23.0 Å². The van der Waals surface area contributed by atoms with Crippen molar-refractivity contribution in [3.05, 3.63) is 64.9 Å². The lowest BCUT2D eigenvalue weighted by molar-refractivity contribution is 0.0919. The third-order valence-corrected chi connectivity index (χ3v) is 4.68. The zero-order valence-corrected chi connectivity index (χ0v) is 13.8. The highest BCUT2D eigenvalue weighted by Crippen LogP contribution is 2.23. The Kier molecular flexibility index (Phi) is 4.46. The SMILES string of the molecule is O=C(NNS(=O)(=O)c1ccc(F)c(F)c1)c1cc2cc(Cl)ccc2o1. The van der Waals surface area contributed by atoms with Crippen LogP contribution in [0.4, 0.5) is 8.78 Å². The largest absolute Gasteiger partial charge is 0.451 e. The quantitative estimate of drug-likeness (QED) is 0.675. The average molecular weight is 387 g/mol. The van der Waals surface area contributed by atoms with Gasteiger partial charge in [0.25, 0.3) is 10.0 Å². The minimum atomic E-state index is -4.29. The molecule has 0 fully saturated rings. The van der Waals surface area contributed by atoms with Crippen LogP contribution in [0, 0.1) is 11.6 Å². The highest BCUT2D eigenvalue weighted by Gasteiger charge is 2.19. The van der Waals surface area contributed by atoms with E-state index in [0.717, 1.165) is 6.07 Å². The van der Waals surface area contributed by atoms with Gasteiger partial charge in [-0.15, -0.1) is 4.83 Å².